The average Bonchev–Trinajstić information content (AvgIpc) is 2.12. The van der Waals surface area contributed by atoms with Crippen LogP contribution in [-0.2, 0) is 0 Å². The van der Waals surface area contributed by atoms with Crippen molar-refractivity contribution in [2.75, 3.05) is 0 Å². The molecule has 0 radical (unpaired) electrons. The maximum absolute atomic E-state index is 8.68. The minimum atomic E-state index is 0.0378. The number of hydrogen-bond acceptors (Lipinski definition) is 2. The standard InChI is InChI=1S/C10H16N2/c1-7(5-11)9(3)10(4)8(2)6-12/h7-10H,1-4H3. The van der Waals surface area contributed by atoms with Crippen LogP contribution < -0.4 is 0 Å². The van der Waals surface area contributed by atoms with E-state index in [0.717, 1.165) is 0 Å². The second-order valence-corrected chi connectivity index (χ2v) is 3.55. The molecule has 2 nitrogen and oxygen atoms in total. The van der Waals surface area contributed by atoms with Gasteiger partial charge in [-0.05, 0) is 25.7 Å². The zero-order valence-electron chi connectivity index (χ0n) is 8.20. The lowest BCUT2D eigenvalue weighted by Crippen LogP contribution is -2.20. The molecule has 0 aliphatic heterocycles. The van der Waals surface area contributed by atoms with Crippen molar-refractivity contribution >= 4 is 0 Å². The third-order valence-corrected chi connectivity index (χ3v) is 2.81. The number of hydrogen-bond donors (Lipinski definition) is 0. The highest BCUT2D eigenvalue weighted by molar-refractivity contribution is 4.91. The van der Waals surface area contributed by atoms with E-state index in [1.165, 1.54) is 0 Å². The highest BCUT2D eigenvalue weighted by atomic mass is 14.3. The predicted octanol–water partition coefficient (Wildman–Crippen LogP) is 2.58. The van der Waals surface area contributed by atoms with Gasteiger partial charge in [-0.25, -0.2) is 0 Å². The van der Waals surface area contributed by atoms with Crippen molar-refractivity contribution < 1.29 is 0 Å². The summed E-state index contributed by atoms with van der Waals surface area (Å²) in [5.41, 5.74) is 0. The van der Waals surface area contributed by atoms with Gasteiger partial charge in [0, 0.05) is 11.8 Å². The van der Waals surface area contributed by atoms with E-state index in [2.05, 4.69) is 12.1 Å². The minimum absolute atomic E-state index is 0.0378. The van der Waals surface area contributed by atoms with Gasteiger partial charge in [0.05, 0.1) is 12.1 Å². The summed E-state index contributed by atoms with van der Waals surface area (Å²) in [6.07, 6.45) is 0. The SMILES string of the molecule is CC(C#N)C(C)C(C)C(C)C#N. The Labute approximate surface area is 74.8 Å². The third-order valence-electron chi connectivity index (χ3n) is 2.81. The monoisotopic (exact) mass is 164 g/mol. The summed E-state index contributed by atoms with van der Waals surface area (Å²) >= 11 is 0. The van der Waals surface area contributed by atoms with Crippen molar-refractivity contribution in [3.05, 3.63) is 0 Å². The van der Waals surface area contributed by atoms with Gasteiger partial charge in [0.1, 0.15) is 0 Å². The van der Waals surface area contributed by atoms with Crippen LogP contribution in [0, 0.1) is 46.3 Å². The summed E-state index contributed by atoms with van der Waals surface area (Å²) in [6, 6.07) is 4.43. The molecule has 0 amide bonds. The van der Waals surface area contributed by atoms with Gasteiger partial charge >= 0.3 is 0 Å². The Morgan fingerprint density at radius 2 is 1.00 bits per heavy atom. The van der Waals surface area contributed by atoms with E-state index in [1.807, 2.05) is 27.7 Å². The molecule has 0 rings (SSSR count). The summed E-state index contributed by atoms with van der Waals surface area (Å²) in [7, 11) is 0. The van der Waals surface area contributed by atoms with Gasteiger partial charge in [-0.2, -0.15) is 10.5 Å². The van der Waals surface area contributed by atoms with Gasteiger partial charge in [0.15, 0.2) is 0 Å². The van der Waals surface area contributed by atoms with Gasteiger partial charge < -0.3 is 0 Å². The van der Waals surface area contributed by atoms with Crippen molar-refractivity contribution in [3.8, 4) is 12.1 Å². The smallest absolute Gasteiger partial charge is 0.0655 e. The molecule has 66 valence electrons. The molecule has 2 heteroatoms. The van der Waals surface area contributed by atoms with Gasteiger partial charge in [-0.15, -0.1) is 0 Å². The lowest BCUT2D eigenvalue weighted by Gasteiger charge is -2.23. The Morgan fingerprint density at radius 3 is 1.17 bits per heavy atom. The van der Waals surface area contributed by atoms with E-state index in [0.29, 0.717) is 11.8 Å². The zero-order valence-corrected chi connectivity index (χ0v) is 8.20. The first kappa shape index (κ1) is 11.0. The lowest BCUT2D eigenvalue weighted by atomic mass is 9.79. The molecule has 12 heavy (non-hydrogen) atoms. The van der Waals surface area contributed by atoms with E-state index in [4.69, 9.17) is 10.5 Å². The molecule has 0 heterocycles. The molecule has 0 aromatic rings. The first-order valence-electron chi connectivity index (χ1n) is 4.33. The minimum Gasteiger partial charge on any atom is -0.198 e. The first-order chi connectivity index (χ1) is 5.54. The highest BCUT2D eigenvalue weighted by Gasteiger charge is 2.23. The first-order valence-corrected chi connectivity index (χ1v) is 4.33. The Balaban J connectivity index is 4.22. The van der Waals surface area contributed by atoms with Crippen molar-refractivity contribution in [1.29, 1.82) is 10.5 Å². The zero-order chi connectivity index (χ0) is 9.72. The molecule has 0 aromatic heterocycles. The highest BCUT2D eigenvalue weighted by Crippen LogP contribution is 2.25. The fourth-order valence-corrected chi connectivity index (χ4v) is 1.15. The third kappa shape index (κ3) is 2.55. The quantitative estimate of drug-likeness (QED) is 0.643. The van der Waals surface area contributed by atoms with Crippen LogP contribution in [-0.4, -0.2) is 0 Å². The Bertz CT molecular complexity index is 185. The van der Waals surface area contributed by atoms with Crippen molar-refractivity contribution in [2.24, 2.45) is 23.7 Å². The normalized spacial score (nSPS) is 19.8. The number of nitrogens with zero attached hydrogens (tertiary/aromatic N) is 2. The molecule has 4 unspecified atom stereocenters. The maximum atomic E-state index is 8.68. The molecule has 0 saturated carbocycles. The van der Waals surface area contributed by atoms with Crippen LogP contribution in [0.15, 0.2) is 0 Å². The summed E-state index contributed by atoms with van der Waals surface area (Å²) in [5.74, 6) is 0.667. The Kier molecular flexibility index (Phi) is 4.37. The van der Waals surface area contributed by atoms with Crippen molar-refractivity contribution in [3.63, 3.8) is 0 Å². The van der Waals surface area contributed by atoms with Crippen LogP contribution in [0.1, 0.15) is 27.7 Å². The van der Waals surface area contributed by atoms with Crippen LogP contribution in [0.2, 0.25) is 0 Å². The van der Waals surface area contributed by atoms with Gasteiger partial charge in [-0.3, -0.25) is 0 Å². The van der Waals surface area contributed by atoms with Crippen molar-refractivity contribution in [2.45, 2.75) is 27.7 Å². The number of rotatable bonds is 3. The largest absolute Gasteiger partial charge is 0.198 e. The molecule has 4 atom stereocenters. The van der Waals surface area contributed by atoms with Crippen LogP contribution in [0.4, 0.5) is 0 Å². The summed E-state index contributed by atoms with van der Waals surface area (Å²) in [4.78, 5) is 0. The molecule has 0 N–H and O–H groups in total. The number of nitriles is 2. The fourth-order valence-electron chi connectivity index (χ4n) is 1.15. The second-order valence-electron chi connectivity index (χ2n) is 3.55. The summed E-state index contributed by atoms with van der Waals surface area (Å²) in [5, 5.41) is 17.4. The Morgan fingerprint density at radius 1 is 0.750 bits per heavy atom. The van der Waals surface area contributed by atoms with Gasteiger partial charge in [0.25, 0.3) is 0 Å². The molecule has 0 aromatic carbocycles. The van der Waals surface area contributed by atoms with E-state index < -0.39 is 0 Å². The molecule has 0 fully saturated rings. The molecular weight excluding hydrogens is 148 g/mol. The molecule has 0 aliphatic rings. The van der Waals surface area contributed by atoms with E-state index >= 15 is 0 Å². The van der Waals surface area contributed by atoms with Crippen LogP contribution in [0.3, 0.4) is 0 Å². The maximum Gasteiger partial charge on any atom is 0.0655 e. The second kappa shape index (κ2) is 4.78. The summed E-state index contributed by atoms with van der Waals surface area (Å²) in [6.45, 7) is 7.88. The van der Waals surface area contributed by atoms with Crippen LogP contribution in [0.25, 0.3) is 0 Å². The van der Waals surface area contributed by atoms with E-state index in [1.54, 1.807) is 0 Å². The molecule has 0 spiro atoms. The van der Waals surface area contributed by atoms with Crippen LogP contribution in [0.5, 0.6) is 0 Å². The van der Waals surface area contributed by atoms with Crippen LogP contribution >= 0.6 is 0 Å². The molecule has 0 bridgehead atoms. The lowest BCUT2D eigenvalue weighted by molar-refractivity contribution is 0.277. The molecule has 0 aliphatic carbocycles. The summed E-state index contributed by atoms with van der Waals surface area (Å²) < 4.78 is 0. The predicted molar refractivity (Wildman–Crippen MR) is 47.9 cm³/mol. The van der Waals surface area contributed by atoms with Gasteiger partial charge in [-0.1, -0.05) is 13.8 Å². The van der Waals surface area contributed by atoms with E-state index in [9.17, 15) is 0 Å². The molecular formula is C10H16N2. The van der Waals surface area contributed by atoms with Crippen molar-refractivity contribution in [1.82, 2.24) is 0 Å². The van der Waals surface area contributed by atoms with E-state index in [-0.39, 0.29) is 11.8 Å². The average molecular weight is 164 g/mol. The molecule has 0 saturated heterocycles. The fraction of sp³-hybridized carbons (Fsp3) is 0.800. The van der Waals surface area contributed by atoms with Gasteiger partial charge in [0.2, 0.25) is 0 Å². The Hall–Kier alpha value is -1.02. The topological polar surface area (TPSA) is 47.6 Å².